The minimum atomic E-state index is -0.818. The first-order chi connectivity index (χ1) is 11.9. The number of hydrogen-bond acceptors (Lipinski definition) is 7. The molecule has 0 aliphatic carbocycles. The largest absolute Gasteiger partial charge is 0.452 e. The lowest BCUT2D eigenvalue weighted by atomic mass is 10.3. The van der Waals surface area contributed by atoms with E-state index in [2.05, 4.69) is 15.5 Å². The second-order valence-electron chi connectivity index (χ2n) is 5.61. The second-order valence-corrected chi connectivity index (χ2v) is 7.50. The molecule has 2 aromatic heterocycles. The monoisotopic (exact) mass is 382 g/mol. The van der Waals surface area contributed by atoms with E-state index < -0.39 is 12.1 Å². The van der Waals surface area contributed by atoms with Gasteiger partial charge in [-0.05, 0) is 39.1 Å². The van der Waals surface area contributed by atoms with E-state index in [0.29, 0.717) is 11.7 Å². The summed E-state index contributed by atoms with van der Waals surface area (Å²) in [4.78, 5) is 24.8. The van der Waals surface area contributed by atoms with Crippen molar-refractivity contribution < 1.29 is 14.3 Å². The number of nitrogens with zero attached hydrogens (tertiary/aromatic N) is 3. The van der Waals surface area contributed by atoms with Gasteiger partial charge < -0.3 is 14.6 Å². The minimum absolute atomic E-state index is 0.00167. The molecule has 25 heavy (non-hydrogen) atoms. The van der Waals surface area contributed by atoms with Crippen molar-refractivity contribution in [2.75, 3.05) is 5.75 Å². The van der Waals surface area contributed by atoms with Crippen molar-refractivity contribution in [1.29, 1.82) is 0 Å². The van der Waals surface area contributed by atoms with E-state index >= 15 is 0 Å². The van der Waals surface area contributed by atoms with E-state index in [9.17, 15) is 9.59 Å². The Hall–Kier alpha value is -1.87. The number of hydrogen-bond donors (Lipinski definition) is 1. The topological polar surface area (TPSA) is 86.1 Å². The number of carbonyl (C=O) groups is 2. The fraction of sp³-hybridized carbons (Fsp3) is 0.500. The highest BCUT2D eigenvalue weighted by Gasteiger charge is 2.20. The van der Waals surface area contributed by atoms with Gasteiger partial charge in [0, 0.05) is 12.6 Å². The van der Waals surface area contributed by atoms with Gasteiger partial charge in [0.1, 0.15) is 0 Å². The van der Waals surface area contributed by atoms with E-state index in [1.807, 2.05) is 42.9 Å². The van der Waals surface area contributed by atoms with Gasteiger partial charge in [0.25, 0.3) is 5.91 Å². The summed E-state index contributed by atoms with van der Waals surface area (Å²) in [6.07, 6.45) is -0.818. The number of rotatable bonds is 8. The Morgan fingerprint density at radius 3 is 2.72 bits per heavy atom. The molecule has 0 aliphatic rings. The first-order valence-electron chi connectivity index (χ1n) is 8.02. The van der Waals surface area contributed by atoms with E-state index in [4.69, 9.17) is 4.74 Å². The molecule has 1 N–H and O–H groups in total. The molecule has 1 amide bonds. The number of thiophene rings is 1. The van der Waals surface area contributed by atoms with Crippen molar-refractivity contribution in [3.63, 3.8) is 0 Å². The van der Waals surface area contributed by atoms with Gasteiger partial charge in [-0.3, -0.25) is 9.59 Å². The number of thioether (sulfide) groups is 1. The molecular weight excluding hydrogens is 360 g/mol. The van der Waals surface area contributed by atoms with Gasteiger partial charge in [-0.15, -0.1) is 21.5 Å². The molecule has 0 aromatic carbocycles. The molecular formula is C16H22N4O3S2. The molecule has 0 saturated carbocycles. The normalized spacial score (nSPS) is 12.2. The standard InChI is InChI=1S/C16H22N4O3S2/c1-5-20-14(12-7-6-8-24-12)18-19-16(20)25-9-13(21)23-11(4)15(22)17-10(2)3/h6-8,10-11H,5,9H2,1-4H3,(H,17,22). The molecule has 2 aromatic rings. The fourth-order valence-electron chi connectivity index (χ4n) is 2.08. The van der Waals surface area contributed by atoms with Crippen molar-refractivity contribution in [2.45, 2.75) is 51.5 Å². The van der Waals surface area contributed by atoms with Crippen LogP contribution in [0.15, 0.2) is 22.7 Å². The summed E-state index contributed by atoms with van der Waals surface area (Å²) in [5.41, 5.74) is 0. The highest BCUT2D eigenvalue weighted by atomic mass is 32.2. The third kappa shape index (κ3) is 5.30. The zero-order chi connectivity index (χ0) is 18.4. The predicted molar refractivity (Wildman–Crippen MR) is 98.6 cm³/mol. The van der Waals surface area contributed by atoms with Crippen molar-refractivity contribution in [3.8, 4) is 10.7 Å². The van der Waals surface area contributed by atoms with Crippen LogP contribution in [-0.2, 0) is 20.9 Å². The second kappa shape index (κ2) is 9.00. The summed E-state index contributed by atoms with van der Waals surface area (Å²) in [5, 5.41) is 13.7. The third-order valence-corrected chi connectivity index (χ3v) is 5.01. The van der Waals surface area contributed by atoms with Gasteiger partial charge in [0.15, 0.2) is 17.1 Å². The number of ether oxygens (including phenoxy) is 1. The zero-order valence-corrected chi connectivity index (χ0v) is 16.3. The minimum Gasteiger partial charge on any atom is -0.452 e. The van der Waals surface area contributed by atoms with Gasteiger partial charge in [0.2, 0.25) is 0 Å². The SMILES string of the molecule is CCn1c(SCC(=O)OC(C)C(=O)NC(C)C)nnc1-c1cccs1. The first-order valence-corrected chi connectivity index (χ1v) is 9.88. The number of amides is 1. The van der Waals surface area contributed by atoms with Crippen molar-refractivity contribution >= 4 is 35.0 Å². The summed E-state index contributed by atoms with van der Waals surface area (Å²) >= 11 is 2.84. The Balaban J connectivity index is 1.93. The van der Waals surface area contributed by atoms with Crippen LogP contribution in [0.5, 0.6) is 0 Å². The lowest BCUT2D eigenvalue weighted by Crippen LogP contribution is -2.39. The molecule has 2 rings (SSSR count). The average molecular weight is 383 g/mol. The zero-order valence-electron chi connectivity index (χ0n) is 14.7. The van der Waals surface area contributed by atoms with Crippen molar-refractivity contribution in [2.24, 2.45) is 0 Å². The van der Waals surface area contributed by atoms with Crippen LogP contribution >= 0.6 is 23.1 Å². The highest BCUT2D eigenvalue weighted by molar-refractivity contribution is 7.99. The van der Waals surface area contributed by atoms with Gasteiger partial charge in [0.05, 0.1) is 10.6 Å². The smallest absolute Gasteiger partial charge is 0.317 e. The Labute approximate surface area is 155 Å². The molecule has 0 fully saturated rings. The quantitative estimate of drug-likeness (QED) is 0.558. The number of aromatic nitrogens is 3. The molecule has 7 nitrogen and oxygen atoms in total. The van der Waals surface area contributed by atoms with Crippen LogP contribution in [0.2, 0.25) is 0 Å². The maximum Gasteiger partial charge on any atom is 0.317 e. The third-order valence-electron chi connectivity index (χ3n) is 3.20. The van der Waals surface area contributed by atoms with Gasteiger partial charge >= 0.3 is 5.97 Å². The molecule has 136 valence electrons. The molecule has 0 saturated heterocycles. The maximum atomic E-state index is 12.0. The summed E-state index contributed by atoms with van der Waals surface area (Å²) in [5.74, 6) is 0.102. The van der Waals surface area contributed by atoms with Crippen molar-refractivity contribution in [3.05, 3.63) is 17.5 Å². The Morgan fingerprint density at radius 1 is 1.36 bits per heavy atom. The highest BCUT2D eigenvalue weighted by Crippen LogP contribution is 2.27. The molecule has 0 radical (unpaired) electrons. The molecule has 0 bridgehead atoms. The lowest BCUT2D eigenvalue weighted by Gasteiger charge is -2.15. The van der Waals surface area contributed by atoms with Crippen LogP contribution in [0.3, 0.4) is 0 Å². The summed E-state index contributed by atoms with van der Waals surface area (Å²) < 4.78 is 7.12. The first kappa shape index (κ1) is 19.5. The lowest BCUT2D eigenvalue weighted by molar-refractivity contribution is -0.152. The molecule has 0 spiro atoms. The molecule has 0 aliphatic heterocycles. The van der Waals surface area contributed by atoms with Gasteiger partial charge in [-0.25, -0.2) is 0 Å². The summed E-state index contributed by atoms with van der Waals surface area (Å²) in [7, 11) is 0. The number of esters is 1. The van der Waals surface area contributed by atoms with Gasteiger partial charge in [-0.1, -0.05) is 17.8 Å². The van der Waals surface area contributed by atoms with E-state index in [1.165, 1.54) is 11.8 Å². The van der Waals surface area contributed by atoms with E-state index in [-0.39, 0.29) is 17.7 Å². The molecule has 1 atom stereocenters. The molecule has 1 unspecified atom stereocenters. The number of carbonyl (C=O) groups excluding carboxylic acids is 2. The molecule has 2 heterocycles. The Morgan fingerprint density at radius 2 is 2.12 bits per heavy atom. The summed E-state index contributed by atoms with van der Waals surface area (Å²) in [6.45, 7) is 7.96. The Bertz CT molecular complexity index is 713. The fourth-order valence-corrected chi connectivity index (χ4v) is 3.58. The van der Waals surface area contributed by atoms with Crippen LogP contribution < -0.4 is 5.32 Å². The van der Waals surface area contributed by atoms with Crippen LogP contribution in [0, 0.1) is 0 Å². The van der Waals surface area contributed by atoms with Crippen LogP contribution in [0.25, 0.3) is 10.7 Å². The summed E-state index contributed by atoms with van der Waals surface area (Å²) in [6, 6.07) is 3.95. The van der Waals surface area contributed by atoms with Crippen LogP contribution in [0.4, 0.5) is 0 Å². The Kier molecular flexibility index (Phi) is 7.01. The average Bonchev–Trinajstić information content (AvgIpc) is 3.20. The van der Waals surface area contributed by atoms with Crippen molar-refractivity contribution in [1.82, 2.24) is 20.1 Å². The van der Waals surface area contributed by atoms with Crippen LogP contribution in [-0.4, -0.2) is 44.5 Å². The predicted octanol–water partition coefficient (Wildman–Crippen LogP) is 2.57. The van der Waals surface area contributed by atoms with E-state index in [1.54, 1.807) is 18.3 Å². The maximum absolute atomic E-state index is 12.0. The molecule has 9 heteroatoms. The van der Waals surface area contributed by atoms with Gasteiger partial charge in [-0.2, -0.15) is 0 Å². The number of nitrogens with one attached hydrogen (secondary N) is 1. The van der Waals surface area contributed by atoms with Crippen LogP contribution in [0.1, 0.15) is 27.7 Å². The van der Waals surface area contributed by atoms with E-state index in [0.717, 1.165) is 10.7 Å².